The second-order valence-corrected chi connectivity index (χ2v) is 3.60. The van der Waals surface area contributed by atoms with Crippen LogP contribution in [0, 0.1) is 5.82 Å². The van der Waals surface area contributed by atoms with Crippen LogP contribution in [-0.2, 0) is 12.2 Å². The molecule has 0 aliphatic carbocycles. The van der Waals surface area contributed by atoms with Gasteiger partial charge >= 0.3 is 0 Å². The summed E-state index contributed by atoms with van der Waals surface area (Å²) in [6, 6.07) is 4.28. The summed E-state index contributed by atoms with van der Waals surface area (Å²) in [7, 11) is 0. The van der Waals surface area contributed by atoms with Gasteiger partial charge in [0.05, 0.1) is 0 Å². The highest BCUT2D eigenvalue weighted by Crippen LogP contribution is 2.31. The maximum atomic E-state index is 13.8. The fraction of sp³-hybridized carbons (Fsp3) is 0.400. The van der Waals surface area contributed by atoms with E-state index in [1.807, 2.05) is 0 Å². The normalized spacial score (nSPS) is 27.0. The maximum absolute atomic E-state index is 13.8. The number of alkyl halides is 1. The van der Waals surface area contributed by atoms with Gasteiger partial charge in [-0.1, -0.05) is 6.07 Å². The fourth-order valence-corrected chi connectivity index (χ4v) is 1.72. The molecule has 1 aromatic rings. The molecule has 0 radical (unpaired) electrons. The minimum absolute atomic E-state index is 0.253. The molecule has 1 N–H and O–H groups in total. The molecule has 1 atom stereocenters. The predicted octanol–water partition coefficient (Wildman–Crippen LogP) is 2.11. The zero-order chi connectivity index (χ0) is 9.47. The number of fused-ring (bicyclic) bond motifs is 1. The highest BCUT2D eigenvalue weighted by atomic mass is 19.1. The average molecular weight is 183 g/mol. The molecule has 3 heteroatoms. The molecule has 1 aliphatic heterocycles. The Morgan fingerprint density at radius 1 is 1.46 bits per heavy atom. The lowest BCUT2D eigenvalue weighted by Gasteiger charge is -2.29. The van der Waals surface area contributed by atoms with Crippen molar-refractivity contribution in [3.05, 3.63) is 35.1 Å². The first-order valence-corrected chi connectivity index (χ1v) is 4.28. The molecule has 70 valence electrons. The molecule has 1 aromatic carbocycles. The molecular weight excluding hydrogens is 172 g/mol. The third-order valence-corrected chi connectivity index (χ3v) is 2.41. The number of benzene rings is 1. The van der Waals surface area contributed by atoms with E-state index in [-0.39, 0.29) is 12.4 Å². The minimum Gasteiger partial charge on any atom is -0.309 e. The van der Waals surface area contributed by atoms with Crippen LogP contribution in [0.4, 0.5) is 8.78 Å². The van der Waals surface area contributed by atoms with Gasteiger partial charge in [-0.2, -0.15) is 0 Å². The van der Waals surface area contributed by atoms with Crippen LogP contribution in [0.1, 0.15) is 18.1 Å². The second kappa shape index (κ2) is 2.77. The largest absolute Gasteiger partial charge is 0.309 e. The molecule has 2 rings (SSSR count). The molecule has 0 bridgehead atoms. The molecule has 0 aromatic heterocycles. The smallest absolute Gasteiger partial charge is 0.146 e. The molecule has 0 saturated heterocycles. The van der Waals surface area contributed by atoms with Crippen LogP contribution in [0.2, 0.25) is 0 Å². The molecular formula is C10H11F2N. The van der Waals surface area contributed by atoms with Gasteiger partial charge in [-0.25, -0.2) is 8.78 Å². The summed E-state index contributed by atoms with van der Waals surface area (Å²) in [6.07, 6.45) is 0. The third kappa shape index (κ3) is 1.44. The van der Waals surface area contributed by atoms with Crippen molar-refractivity contribution in [1.29, 1.82) is 0 Å². The van der Waals surface area contributed by atoms with Crippen LogP contribution < -0.4 is 5.32 Å². The Kier molecular flexibility index (Phi) is 1.84. The number of nitrogens with one attached hydrogen (secondary N) is 1. The number of rotatable bonds is 0. The monoisotopic (exact) mass is 183 g/mol. The first-order chi connectivity index (χ1) is 6.09. The number of halogens is 2. The second-order valence-electron chi connectivity index (χ2n) is 3.60. The number of hydrogen-bond acceptors (Lipinski definition) is 1. The van der Waals surface area contributed by atoms with Crippen molar-refractivity contribution in [2.24, 2.45) is 0 Å². The summed E-state index contributed by atoms with van der Waals surface area (Å²) >= 11 is 0. The summed E-state index contributed by atoms with van der Waals surface area (Å²) in [5.41, 5.74) is -0.126. The first kappa shape index (κ1) is 8.63. The van der Waals surface area contributed by atoms with Gasteiger partial charge in [-0.3, -0.25) is 0 Å². The van der Waals surface area contributed by atoms with Gasteiger partial charge < -0.3 is 5.32 Å². The minimum atomic E-state index is -1.45. The van der Waals surface area contributed by atoms with Crippen LogP contribution in [0.5, 0.6) is 0 Å². The Balaban J connectivity index is 2.55. The van der Waals surface area contributed by atoms with E-state index in [2.05, 4.69) is 5.32 Å². The molecule has 0 fully saturated rings. The van der Waals surface area contributed by atoms with Gasteiger partial charge in [-0.05, 0) is 30.2 Å². The third-order valence-electron chi connectivity index (χ3n) is 2.41. The van der Waals surface area contributed by atoms with Crippen molar-refractivity contribution in [3.8, 4) is 0 Å². The van der Waals surface area contributed by atoms with E-state index in [1.165, 1.54) is 19.1 Å². The van der Waals surface area contributed by atoms with Crippen molar-refractivity contribution in [1.82, 2.24) is 5.32 Å². The topological polar surface area (TPSA) is 12.0 Å². The van der Waals surface area contributed by atoms with E-state index in [1.54, 1.807) is 6.07 Å². The zero-order valence-electron chi connectivity index (χ0n) is 7.40. The zero-order valence-corrected chi connectivity index (χ0v) is 7.40. The van der Waals surface area contributed by atoms with Crippen molar-refractivity contribution < 1.29 is 8.78 Å². The quantitative estimate of drug-likeness (QED) is 0.649. The molecule has 0 saturated carbocycles. The van der Waals surface area contributed by atoms with Crippen molar-refractivity contribution in [2.75, 3.05) is 6.54 Å². The van der Waals surface area contributed by atoms with Crippen molar-refractivity contribution >= 4 is 0 Å². The van der Waals surface area contributed by atoms with Gasteiger partial charge in [-0.15, -0.1) is 0 Å². The maximum Gasteiger partial charge on any atom is 0.146 e. The Bertz CT molecular complexity index is 334. The summed E-state index contributed by atoms with van der Waals surface area (Å²) < 4.78 is 26.7. The summed E-state index contributed by atoms with van der Waals surface area (Å²) in [5.74, 6) is -0.371. The first-order valence-electron chi connectivity index (χ1n) is 4.28. The van der Waals surface area contributed by atoms with E-state index < -0.39 is 5.67 Å². The van der Waals surface area contributed by atoms with Gasteiger partial charge in [0.1, 0.15) is 11.5 Å². The van der Waals surface area contributed by atoms with Crippen LogP contribution in [-0.4, -0.2) is 6.54 Å². The lowest BCUT2D eigenvalue weighted by Crippen LogP contribution is -2.37. The standard InChI is InChI=1S/C10H11F2N/c1-10(12)6-13-5-7-2-3-8(11)4-9(7)10/h2-4,13H,5-6H2,1H3. The molecule has 1 unspecified atom stereocenters. The molecule has 1 heterocycles. The lowest BCUT2D eigenvalue weighted by molar-refractivity contribution is 0.172. The highest BCUT2D eigenvalue weighted by Gasteiger charge is 2.31. The summed E-state index contributed by atoms with van der Waals surface area (Å²) in [6.45, 7) is 2.34. The van der Waals surface area contributed by atoms with E-state index in [9.17, 15) is 8.78 Å². The molecule has 13 heavy (non-hydrogen) atoms. The summed E-state index contributed by atoms with van der Waals surface area (Å²) in [5, 5.41) is 2.95. The molecule has 1 nitrogen and oxygen atoms in total. The Morgan fingerprint density at radius 2 is 2.23 bits per heavy atom. The van der Waals surface area contributed by atoms with E-state index >= 15 is 0 Å². The van der Waals surface area contributed by atoms with Gasteiger partial charge in [0.2, 0.25) is 0 Å². The SMILES string of the molecule is CC1(F)CNCc2ccc(F)cc21. The molecule has 1 aliphatic rings. The van der Waals surface area contributed by atoms with Crippen LogP contribution in [0.15, 0.2) is 18.2 Å². The van der Waals surface area contributed by atoms with E-state index in [0.717, 1.165) is 5.56 Å². The van der Waals surface area contributed by atoms with Crippen molar-refractivity contribution in [2.45, 2.75) is 19.1 Å². The van der Waals surface area contributed by atoms with Gasteiger partial charge in [0.25, 0.3) is 0 Å². The summed E-state index contributed by atoms with van der Waals surface area (Å²) in [4.78, 5) is 0. The molecule has 0 spiro atoms. The Labute approximate surface area is 75.8 Å². The average Bonchev–Trinajstić information content (AvgIpc) is 2.06. The van der Waals surface area contributed by atoms with E-state index in [4.69, 9.17) is 0 Å². The van der Waals surface area contributed by atoms with Crippen LogP contribution in [0.3, 0.4) is 0 Å². The highest BCUT2D eigenvalue weighted by molar-refractivity contribution is 5.34. The van der Waals surface area contributed by atoms with E-state index in [0.29, 0.717) is 12.1 Å². The van der Waals surface area contributed by atoms with Gasteiger partial charge in [0.15, 0.2) is 0 Å². The predicted molar refractivity (Wildman–Crippen MR) is 46.6 cm³/mol. The number of hydrogen-bond donors (Lipinski definition) is 1. The lowest BCUT2D eigenvalue weighted by atomic mass is 9.90. The van der Waals surface area contributed by atoms with Crippen molar-refractivity contribution in [3.63, 3.8) is 0 Å². The Hall–Kier alpha value is -0.960. The van der Waals surface area contributed by atoms with Crippen LogP contribution in [0.25, 0.3) is 0 Å². The van der Waals surface area contributed by atoms with Crippen LogP contribution >= 0.6 is 0 Å². The Morgan fingerprint density at radius 3 is 3.00 bits per heavy atom. The fourth-order valence-electron chi connectivity index (χ4n) is 1.72. The van der Waals surface area contributed by atoms with Gasteiger partial charge in [0, 0.05) is 13.1 Å². The molecule has 0 amide bonds.